The van der Waals surface area contributed by atoms with Crippen LogP contribution in [0.15, 0.2) is 11.5 Å². The average molecular weight is 258 g/mol. The van der Waals surface area contributed by atoms with Crippen molar-refractivity contribution in [2.45, 2.75) is 38.3 Å². The van der Waals surface area contributed by atoms with E-state index in [9.17, 15) is 8.42 Å². The normalized spacial score (nSPS) is 31.8. The van der Waals surface area contributed by atoms with E-state index in [1.807, 2.05) is 6.08 Å². The molecule has 0 saturated carbocycles. The van der Waals surface area contributed by atoms with Gasteiger partial charge in [0.1, 0.15) is 0 Å². The molecule has 0 radical (unpaired) electrons. The van der Waals surface area contributed by atoms with Gasteiger partial charge in [-0.15, -0.1) is 0 Å². The fraction of sp³-hybridized carbons (Fsp3) is 0.833. The van der Waals surface area contributed by atoms with E-state index in [1.54, 1.807) is 0 Å². The van der Waals surface area contributed by atoms with Crippen LogP contribution in [0, 0.1) is 0 Å². The molecule has 1 unspecified atom stereocenters. The average Bonchev–Trinajstić information content (AvgIpc) is 2.70. The number of nitrogens with zero attached hydrogens (tertiary/aromatic N) is 1. The van der Waals surface area contributed by atoms with E-state index in [0.29, 0.717) is 0 Å². The first kappa shape index (κ1) is 13.1. The molecule has 1 fully saturated rings. The second kappa shape index (κ2) is 4.71. The van der Waals surface area contributed by atoms with Crippen molar-refractivity contribution in [3.05, 3.63) is 11.5 Å². The molecule has 1 saturated heterocycles. The lowest BCUT2D eigenvalue weighted by atomic mass is 9.89. The van der Waals surface area contributed by atoms with E-state index in [1.165, 1.54) is 5.41 Å². The van der Waals surface area contributed by atoms with Gasteiger partial charge >= 0.3 is 0 Å². The van der Waals surface area contributed by atoms with Gasteiger partial charge in [0, 0.05) is 36.6 Å². The predicted molar refractivity (Wildman–Crippen MR) is 69.6 cm³/mol. The molecule has 2 aliphatic rings. The Labute approximate surface area is 104 Å². The van der Waals surface area contributed by atoms with E-state index in [0.717, 1.165) is 32.5 Å². The third-order valence-electron chi connectivity index (χ3n) is 4.14. The Morgan fingerprint density at radius 2 is 2.12 bits per heavy atom. The maximum absolute atomic E-state index is 11.5. The Hall–Kier alpha value is -0.390. The van der Waals surface area contributed by atoms with Gasteiger partial charge in [-0.25, -0.2) is 8.42 Å². The van der Waals surface area contributed by atoms with Crippen LogP contribution in [0.3, 0.4) is 0 Å². The van der Waals surface area contributed by atoms with Gasteiger partial charge in [-0.3, -0.25) is 4.90 Å². The van der Waals surface area contributed by atoms with Gasteiger partial charge < -0.3 is 5.32 Å². The van der Waals surface area contributed by atoms with Crippen LogP contribution in [0.2, 0.25) is 0 Å². The Balaban J connectivity index is 2.06. The molecule has 0 aromatic heterocycles. The van der Waals surface area contributed by atoms with Gasteiger partial charge in [0.2, 0.25) is 0 Å². The van der Waals surface area contributed by atoms with Crippen molar-refractivity contribution in [2.75, 3.05) is 25.4 Å². The van der Waals surface area contributed by atoms with E-state index in [2.05, 4.69) is 24.1 Å². The number of nitrogens with one attached hydrogen (secondary N) is 1. The van der Waals surface area contributed by atoms with Crippen LogP contribution in [0.25, 0.3) is 0 Å². The first-order chi connectivity index (χ1) is 8.00. The zero-order chi connectivity index (χ0) is 12.5. The monoisotopic (exact) mass is 258 g/mol. The number of sulfone groups is 1. The molecule has 1 N–H and O–H groups in total. The molecule has 0 bridgehead atoms. The van der Waals surface area contributed by atoms with Crippen LogP contribution in [0.1, 0.15) is 26.7 Å². The third-order valence-corrected chi connectivity index (χ3v) is 5.52. The summed E-state index contributed by atoms with van der Waals surface area (Å²) in [6.45, 7) is 7.23. The minimum absolute atomic E-state index is 0.0829. The fourth-order valence-electron chi connectivity index (χ4n) is 2.78. The van der Waals surface area contributed by atoms with E-state index < -0.39 is 9.84 Å². The molecule has 4 nitrogen and oxygen atoms in total. The van der Waals surface area contributed by atoms with Crippen molar-refractivity contribution in [3.63, 3.8) is 0 Å². The Kier molecular flexibility index (Phi) is 3.61. The molecule has 17 heavy (non-hydrogen) atoms. The number of piperazine rings is 1. The first-order valence-corrected chi connectivity index (χ1v) is 8.12. The lowest BCUT2D eigenvalue weighted by Crippen LogP contribution is -2.61. The second-order valence-corrected chi connectivity index (χ2v) is 7.04. The van der Waals surface area contributed by atoms with Crippen molar-refractivity contribution in [2.24, 2.45) is 0 Å². The zero-order valence-electron chi connectivity index (χ0n) is 10.6. The molecule has 0 amide bonds. The standard InChI is InChI=1S/C12H22N2O2S/c1-3-12(4-2)10-14(7-6-13-12)11-5-8-17(15,16)9-11/h5,8,11,13H,3-4,6-7,9-10H2,1-2H3. The molecule has 0 spiro atoms. The number of hydrogen-bond donors (Lipinski definition) is 1. The lowest BCUT2D eigenvalue weighted by molar-refractivity contribution is 0.109. The van der Waals surface area contributed by atoms with Crippen LogP contribution in [-0.2, 0) is 9.84 Å². The second-order valence-electron chi connectivity index (χ2n) is 5.11. The smallest absolute Gasteiger partial charge is 0.173 e. The molecule has 0 aliphatic carbocycles. The molecule has 2 aliphatic heterocycles. The van der Waals surface area contributed by atoms with Crippen LogP contribution in [-0.4, -0.2) is 50.3 Å². The fourth-order valence-corrected chi connectivity index (χ4v) is 4.11. The van der Waals surface area contributed by atoms with Crippen LogP contribution >= 0.6 is 0 Å². The minimum Gasteiger partial charge on any atom is -0.309 e. The van der Waals surface area contributed by atoms with Crippen molar-refractivity contribution < 1.29 is 8.42 Å². The van der Waals surface area contributed by atoms with Crippen LogP contribution in [0.5, 0.6) is 0 Å². The van der Waals surface area contributed by atoms with Gasteiger partial charge in [0.05, 0.1) is 5.75 Å². The maximum atomic E-state index is 11.5. The molecule has 5 heteroatoms. The Bertz CT molecular complexity index is 399. The molecule has 0 aromatic rings. The zero-order valence-corrected chi connectivity index (χ0v) is 11.5. The first-order valence-electron chi connectivity index (χ1n) is 6.40. The third kappa shape index (κ3) is 2.72. The van der Waals surface area contributed by atoms with Gasteiger partial charge in [0.15, 0.2) is 9.84 Å². The van der Waals surface area contributed by atoms with Gasteiger partial charge in [0.25, 0.3) is 0 Å². The SMILES string of the molecule is CCC1(CC)CN(C2C=CS(=O)(=O)C2)CCN1. The Morgan fingerprint density at radius 3 is 2.65 bits per heavy atom. The highest BCUT2D eigenvalue weighted by Crippen LogP contribution is 2.24. The van der Waals surface area contributed by atoms with Crippen molar-refractivity contribution >= 4 is 9.84 Å². The van der Waals surface area contributed by atoms with Gasteiger partial charge in [-0.1, -0.05) is 19.9 Å². The molecule has 2 heterocycles. The number of rotatable bonds is 3. The highest BCUT2D eigenvalue weighted by molar-refractivity contribution is 7.94. The summed E-state index contributed by atoms with van der Waals surface area (Å²) in [6, 6.07) is 0.0829. The highest BCUT2D eigenvalue weighted by atomic mass is 32.2. The summed E-state index contributed by atoms with van der Waals surface area (Å²) < 4.78 is 22.9. The quantitative estimate of drug-likeness (QED) is 0.812. The molecule has 2 rings (SSSR count). The summed E-state index contributed by atoms with van der Waals surface area (Å²) in [7, 11) is -2.94. The summed E-state index contributed by atoms with van der Waals surface area (Å²) >= 11 is 0. The summed E-state index contributed by atoms with van der Waals surface area (Å²) in [5, 5.41) is 4.97. The van der Waals surface area contributed by atoms with Crippen molar-refractivity contribution in [1.82, 2.24) is 10.2 Å². The lowest BCUT2D eigenvalue weighted by Gasteiger charge is -2.44. The summed E-state index contributed by atoms with van der Waals surface area (Å²) in [6.07, 6.45) is 4.02. The maximum Gasteiger partial charge on any atom is 0.173 e. The van der Waals surface area contributed by atoms with E-state index in [4.69, 9.17) is 0 Å². The number of hydrogen-bond acceptors (Lipinski definition) is 4. The van der Waals surface area contributed by atoms with E-state index >= 15 is 0 Å². The topological polar surface area (TPSA) is 49.4 Å². The summed E-state index contributed by atoms with van der Waals surface area (Å²) in [4.78, 5) is 2.31. The molecule has 0 aromatic carbocycles. The summed E-state index contributed by atoms with van der Waals surface area (Å²) in [5.41, 5.74) is 0.165. The molecule has 98 valence electrons. The molecule has 1 atom stereocenters. The molecular weight excluding hydrogens is 236 g/mol. The van der Waals surface area contributed by atoms with Crippen LogP contribution < -0.4 is 5.32 Å². The van der Waals surface area contributed by atoms with Gasteiger partial charge in [-0.05, 0) is 12.8 Å². The van der Waals surface area contributed by atoms with Gasteiger partial charge in [-0.2, -0.15) is 0 Å². The largest absolute Gasteiger partial charge is 0.309 e. The molecular formula is C12H22N2O2S. The predicted octanol–water partition coefficient (Wildman–Crippen LogP) is 0.761. The van der Waals surface area contributed by atoms with E-state index in [-0.39, 0.29) is 17.3 Å². The highest BCUT2D eigenvalue weighted by Gasteiger charge is 2.36. The summed E-state index contributed by atoms with van der Waals surface area (Å²) in [5.74, 6) is 0.260. The van der Waals surface area contributed by atoms with Crippen molar-refractivity contribution in [1.29, 1.82) is 0 Å². The van der Waals surface area contributed by atoms with Crippen LogP contribution in [0.4, 0.5) is 0 Å². The Morgan fingerprint density at radius 1 is 1.41 bits per heavy atom. The minimum atomic E-state index is -2.94. The van der Waals surface area contributed by atoms with Crippen molar-refractivity contribution in [3.8, 4) is 0 Å².